The maximum atomic E-state index is 12.4. The Hall–Kier alpha value is -4.51. The molecule has 0 unspecified atom stereocenters. The van der Waals surface area contributed by atoms with Gasteiger partial charge in [-0.25, -0.2) is 4.79 Å². The van der Waals surface area contributed by atoms with Crippen LogP contribution in [0.15, 0.2) is 91.3 Å². The zero-order valence-corrected chi connectivity index (χ0v) is 22.3. The minimum Gasteiger partial charge on any atom is -0.325 e. The maximum absolute atomic E-state index is 12.4. The van der Waals surface area contributed by atoms with Gasteiger partial charge in [-0.1, -0.05) is 30.3 Å². The number of benzene rings is 1. The van der Waals surface area contributed by atoms with Crippen LogP contribution >= 0.6 is 0 Å². The van der Waals surface area contributed by atoms with Crippen LogP contribution in [0.5, 0.6) is 0 Å². The normalized spacial score (nSPS) is 10.8. The second-order valence-electron chi connectivity index (χ2n) is 9.06. The van der Waals surface area contributed by atoms with Crippen molar-refractivity contribution >= 4 is 17.6 Å². The summed E-state index contributed by atoms with van der Waals surface area (Å²) in [5, 5.41) is 5.99. The first-order chi connectivity index (χ1) is 19.6. The number of nitrogens with one attached hydrogen (secondary N) is 2. The molecule has 3 aromatic heterocycles. The lowest BCUT2D eigenvalue weighted by molar-refractivity contribution is -0.254. The zero-order valence-electron chi connectivity index (χ0n) is 22.3. The molecule has 4 rings (SSSR count). The molecule has 10 heteroatoms. The number of rotatable bonds is 14. The van der Waals surface area contributed by atoms with Crippen LogP contribution in [0.3, 0.4) is 0 Å². The van der Waals surface area contributed by atoms with E-state index in [0.717, 1.165) is 28.3 Å². The van der Waals surface area contributed by atoms with E-state index >= 15 is 0 Å². The van der Waals surface area contributed by atoms with Gasteiger partial charge in [-0.05, 0) is 54.1 Å². The summed E-state index contributed by atoms with van der Waals surface area (Å²) in [7, 11) is 1.28. The molecule has 0 aliphatic carbocycles. The van der Waals surface area contributed by atoms with Crippen LogP contribution in [0.1, 0.15) is 28.3 Å². The average molecular weight is 541 g/mol. The molecule has 1 aromatic carbocycles. The first kappa shape index (κ1) is 28.5. The van der Waals surface area contributed by atoms with Crippen LogP contribution in [-0.4, -0.2) is 45.4 Å². The van der Waals surface area contributed by atoms with E-state index in [0.29, 0.717) is 31.9 Å². The number of carbonyl (C=O) groups excluding carboxylic acids is 2. The Morgan fingerprint density at radius 1 is 0.775 bits per heavy atom. The van der Waals surface area contributed by atoms with E-state index in [1.807, 2.05) is 54.6 Å². The number of nitrogens with zero attached hydrogens (tertiary/aromatic N) is 4. The molecule has 0 saturated carbocycles. The fraction of sp³-hybridized carbons (Fsp3) is 0.233. The first-order valence-electron chi connectivity index (χ1n) is 12.9. The third-order valence-electron chi connectivity index (χ3n) is 5.83. The third-order valence-corrected chi connectivity index (χ3v) is 5.83. The van der Waals surface area contributed by atoms with Crippen LogP contribution in [0.2, 0.25) is 0 Å². The molecule has 0 saturated heterocycles. The van der Waals surface area contributed by atoms with Crippen molar-refractivity contribution in [2.75, 3.05) is 19.0 Å². The highest BCUT2D eigenvalue weighted by atomic mass is 17.2. The zero-order chi connectivity index (χ0) is 28.0. The molecule has 0 atom stereocenters. The number of hydrogen-bond acceptors (Lipinski definition) is 9. The predicted molar refractivity (Wildman–Crippen MR) is 149 cm³/mol. The van der Waals surface area contributed by atoms with Gasteiger partial charge in [0.2, 0.25) is 5.91 Å². The van der Waals surface area contributed by atoms with Gasteiger partial charge in [0.15, 0.2) is 0 Å². The fourth-order valence-corrected chi connectivity index (χ4v) is 4.06. The molecule has 0 fully saturated rings. The average Bonchev–Trinajstić information content (AvgIpc) is 2.95. The van der Waals surface area contributed by atoms with Gasteiger partial charge in [-0.3, -0.25) is 29.5 Å². The van der Waals surface area contributed by atoms with Crippen molar-refractivity contribution in [1.29, 1.82) is 0 Å². The maximum Gasteiger partial charge on any atom is 0.346 e. The van der Waals surface area contributed by atoms with Crippen molar-refractivity contribution in [2.45, 2.75) is 32.6 Å². The number of pyridine rings is 3. The van der Waals surface area contributed by atoms with Crippen LogP contribution < -0.4 is 10.6 Å². The van der Waals surface area contributed by atoms with Crippen molar-refractivity contribution < 1.29 is 19.4 Å². The molecule has 2 N–H and O–H groups in total. The van der Waals surface area contributed by atoms with Crippen LogP contribution in [-0.2, 0) is 52.0 Å². The summed E-state index contributed by atoms with van der Waals surface area (Å²) in [5.41, 5.74) is 5.11. The van der Waals surface area contributed by atoms with E-state index in [1.54, 1.807) is 36.7 Å². The van der Waals surface area contributed by atoms with E-state index in [2.05, 4.69) is 35.3 Å². The smallest absolute Gasteiger partial charge is 0.325 e. The second kappa shape index (κ2) is 15.2. The van der Waals surface area contributed by atoms with Gasteiger partial charge in [0, 0.05) is 44.3 Å². The predicted octanol–water partition coefficient (Wildman–Crippen LogP) is 3.45. The lowest BCUT2D eigenvalue weighted by Gasteiger charge is -2.21. The molecule has 4 aromatic rings. The highest BCUT2D eigenvalue weighted by Gasteiger charge is 2.12. The van der Waals surface area contributed by atoms with E-state index < -0.39 is 5.97 Å². The summed E-state index contributed by atoms with van der Waals surface area (Å²) in [6, 6.07) is 24.7. The quantitative estimate of drug-likeness (QED) is 0.183. The number of amides is 1. The van der Waals surface area contributed by atoms with E-state index in [4.69, 9.17) is 4.98 Å². The molecule has 0 bridgehead atoms. The molecule has 0 spiro atoms. The van der Waals surface area contributed by atoms with Gasteiger partial charge in [-0.15, -0.1) is 0 Å². The minimum atomic E-state index is -0.490. The monoisotopic (exact) mass is 540 g/mol. The summed E-state index contributed by atoms with van der Waals surface area (Å²) in [6.45, 7) is 2.53. The van der Waals surface area contributed by atoms with Crippen LogP contribution in [0.4, 0.5) is 5.69 Å². The first-order valence-corrected chi connectivity index (χ1v) is 12.9. The summed E-state index contributed by atoms with van der Waals surface area (Å²) >= 11 is 0. The van der Waals surface area contributed by atoms with E-state index in [1.165, 1.54) is 7.11 Å². The molecule has 10 nitrogen and oxygen atoms in total. The van der Waals surface area contributed by atoms with Crippen LogP contribution in [0, 0.1) is 0 Å². The second-order valence-corrected chi connectivity index (χ2v) is 9.06. The van der Waals surface area contributed by atoms with Crippen molar-refractivity contribution in [3.05, 3.63) is 120 Å². The van der Waals surface area contributed by atoms with Crippen LogP contribution in [0.25, 0.3) is 0 Å². The van der Waals surface area contributed by atoms with Crippen molar-refractivity contribution in [2.24, 2.45) is 0 Å². The van der Waals surface area contributed by atoms with Gasteiger partial charge in [-0.2, -0.15) is 4.89 Å². The Morgan fingerprint density at radius 2 is 1.40 bits per heavy atom. The lowest BCUT2D eigenvalue weighted by atomic mass is 10.1. The summed E-state index contributed by atoms with van der Waals surface area (Å²) in [4.78, 5) is 48.7. The van der Waals surface area contributed by atoms with E-state index in [9.17, 15) is 9.59 Å². The Balaban J connectivity index is 1.28. The summed E-state index contributed by atoms with van der Waals surface area (Å²) < 4.78 is 0. The Labute approximate surface area is 233 Å². The van der Waals surface area contributed by atoms with Gasteiger partial charge < -0.3 is 10.6 Å². The Bertz CT molecular complexity index is 1310. The molecule has 40 heavy (non-hydrogen) atoms. The molecule has 1 amide bonds. The third kappa shape index (κ3) is 9.66. The van der Waals surface area contributed by atoms with Gasteiger partial charge in [0.1, 0.15) is 0 Å². The van der Waals surface area contributed by atoms with Crippen molar-refractivity contribution in [3.63, 3.8) is 0 Å². The molecule has 0 aliphatic heterocycles. The SMILES string of the molecule is COOC(=O)Cc1ccc(NC(=O)CNCc2cccc(CN(Cc3ccccn3)Cc3ccccn3)n2)cc1. The van der Waals surface area contributed by atoms with Gasteiger partial charge >= 0.3 is 5.97 Å². The van der Waals surface area contributed by atoms with Crippen molar-refractivity contribution in [1.82, 2.24) is 25.2 Å². The fourth-order valence-electron chi connectivity index (χ4n) is 4.06. The standard InChI is InChI=1S/C30H32N6O4/c1-39-40-30(38)17-23-11-13-24(14-12-23)35-29(37)19-31-18-25-9-6-10-28(34-25)22-36(20-26-7-2-4-15-32-26)21-27-8-3-5-16-33-27/h2-16,31H,17-22H2,1H3,(H,35,37). The number of carbonyl (C=O) groups is 2. The highest BCUT2D eigenvalue weighted by molar-refractivity contribution is 5.92. The highest BCUT2D eigenvalue weighted by Crippen LogP contribution is 2.13. The lowest BCUT2D eigenvalue weighted by Crippen LogP contribution is -2.28. The number of aromatic nitrogens is 3. The number of anilines is 1. The molecule has 3 heterocycles. The Kier molecular flexibility index (Phi) is 10.8. The summed E-state index contributed by atoms with van der Waals surface area (Å²) in [5.74, 6) is -0.671. The van der Waals surface area contributed by atoms with Crippen molar-refractivity contribution in [3.8, 4) is 0 Å². The van der Waals surface area contributed by atoms with Gasteiger partial charge in [0.25, 0.3) is 0 Å². The largest absolute Gasteiger partial charge is 0.346 e. The summed E-state index contributed by atoms with van der Waals surface area (Å²) in [6.07, 6.45) is 3.68. The number of hydrogen-bond donors (Lipinski definition) is 2. The topological polar surface area (TPSA) is 119 Å². The molecule has 0 radical (unpaired) electrons. The molecule has 0 aliphatic rings. The molecule has 206 valence electrons. The Morgan fingerprint density at radius 3 is 2.02 bits per heavy atom. The molecular formula is C30H32N6O4. The minimum absolute atomic E-state index is 0.0831. The molecular weight excluding hydrogens is 508 g/mol. The van der Waals surface area contributed by atoms with E-state index in [-0.39, 0.29) is 18.9 Å². The van der Waals surface area contributed by atoms with Gasteiger partial charge in [0.05, 0.1) is 42.9 Å².